The number of hydrogen-bond acceptors (Lipinski definition) is 6. The van der Waals surface area contributed by atoms with Gasteiger partial charge in [0, 0.05) is 110 Å². The second-order valence-corrected chi connectivity index (χ2v) is 36.0. The van der Waals surface area contributed by atoms with Crippen LogP contribution in [0.3, 0.4) is 0 Å². The van der Waals surface area contributed by atoms with Crippen molar-refractivity contribution in [2.75, 3.05) is 0 Å². The van der Waals surface area contributed by atoms with Gasteiger partial charge in [-0.05, 0) is 210 Å². The van der Waals surface area contributed by atoms with Crippen molar-refractivity contribution < 1.29 is 0 Å². The lowest BCUT2D eigenvalue weighted by atomic mass is 9.95. The van der Waals surface area contributed by atoms with Gasteiger partial charge in [0.2, 0.25) is 0 Å². The summed E-state index contributed by atoms with van der Waals surface area (Å²) in [6.45, 7) is 0. The van der Waals surface area contributed by atoms with Crippen molar-refractivity contribution in [1.82, 2.24) is 48.2 Å². The minimum absolute atomic E-state index is 0.558. The molecule has 0 amide bonds. The van der Waals surface area contributed by atoms with Gasteiger partial charge in [-0.15, -0.1) is 0 Å². The summed E-state index contributed by atoms with van der Waals surface area (Å²) in [7, 11) is 0. The van der Waals surface area contributed by atoms with E-state index in [1.165, 1.54) is 53.9 Å². The molecule has 138 heavy (non-hydrogen) atoms. The van der Waals surface area contributed by atoms with Crippen LogP contribution in [0.2, 0.25) is 0 Å². The summed E-state index contributed by atoms with van der Waals surface area (Å²) < 4.78 is 9.76. The molecule has 0 bridgehead atoms. The van der Waals surface area contributed by atoms with Crippen LogP contribution < -0.4 is 0 Å². The molecule has 0 unspecified atom stereocenters. The monoisotopic (exact) mass is 1750 g/mol. The first-order chi connectivity index (χ1) is 68.4. The zero-order valence-electron chi connectivity index (χ0n) is 74.5. The Bertz CT molecular complexity index is 9890. The van der Waals surface area contributed by atoms with E-state index < -0.39 is 0 Å². The highest BCUT2D eigenvalue weighted by molar-refractivity contribution is 6.24. The average molecular weight is 1760 g/mol. The Hall–Kier alpha value is -18.6. The molecule has 0 spiro atoms. The van der Waals surface area contributed by atoms with Gasteiger partial charge in [-0.1, -0.05) is 340 Å². The molecule has 10 heteroatoms. The molecule has 0 aliphatic carbocycles. The summed E-state index contributed by atoms with van der Waals surface area (Å²) in [5.41, 5.74) is 26.9. The highest BCUT2D eigenvalue weighted by Gasteiger charge is 2.28. The number of aromatic nitrogens is 10. The third kappa shape index (κ3) is 12.8. The second kappa shape index (κ2) is 31.5. The van der Waals surface area contributed by atoms with E-state index in [9.17, 15) is 0 Å². The van der Waals surface area contributed by atoms with Gasteiger partial charge in [-0.3, -0.25) is 0 Å². The van der Waals surface area contributed by atoms with Crippen molar-refractivity contribution in [3.05, 3.63) is 473 Å². The molecule has 0 saturated heterocycles. The normalized spacial score (nSPS) is 11.9. The van der Waals surface area contributed by atoms with Crippen LogP contribution in [0.1, 0.15) is 0 Å². The van der Waals surface area contributed by atoms with Gasteiger partial charge < -0.3 is 18.3 Å². The molecule has 10 nitrogen and oxygen atoms in total. The summed E-state index contributed by atoms with van der Waals surface area (Å²) in [5, 5.41) is 20.7. The molecule has 0 saturated carbocycles. The summed E-state index contributed by atoms with van der Waals surface area (Å²) in [4.78, 5) is 33.1. The minimum Gasteiger partial charge on any atom is -0.309 e. The number of para-hydroxylation sites is 3. The molecule has 6 heterocycles. The molecule has 22 aromatic carbocycles. The first-order valence-electron chi connectivity index (χ1n) is 46.9. The fourth-order valence-corrected chi connectivity index (χ4v) is 21.6. The van der Waals surface area contributed by atoms with Gasteiger partial charge in [-0.2, -0.15) is 0 Å². The van der Waals surface area contributed by atoms with E-state index in [1.807, 2.05) is 24.3 Å². The lowest BCUT2D eigenvalue weighted by molar-refractivity contribution is 1.07. The molecular weight excluding hydrogens is 1680 g/mol. The van der Waals surface area contributed by atoms with Crippen LogP contribution in [0, 0.1) is 0 Å². The van der Waals surface area contributed by atoms with E-state index >= 15 is 0 Å². The first kappa shape index (κ1) is 78.1. The van der Waals surface area contributed by atoms with E-state index in [1.54, 1.807) is 0 Å². The van der Waals surface area contributed by atoms with Crippen molar-refractivity contribution in [2.45, 2.75) is 0 Å². The van der Waals surface area contributed by atoms with Crippen molar-refractivity contribution in [3.8, 4) is 136 Å². The average Bonchev–Trinajstić information content (AvgIpc) is 1.58. The fraction of sp³-hybridized carbons (Fsp3) is 0. The highest BCUT2D eigenvalue weighted by Crippen LogP contribution is 2.49. The van der Waals surface area contributed by atoms with Gasteiger partial charge in [0.05, 0.1) is 55.5 Å². The van der Waals surface area contributed by atoms with E-state index in [-0.39, 0.29) is 0 Å². The number of fused-ring (bicyclic) bond motifs is 19. The van der Waals surface area contributed by atoms with Crippen molar-refractivity contribution in [1.29, 1.82) is 0 Å². The lowest BCUT2D eigenvalue weighted by Gasteiger charge is -2.18. The van der Waals surface area contributed by atoms with E-state index in [0.29, 0.717) is 34.9 Å². The molecule has 0 atom stereocenters. The van der Waals surface area contributed by atoms with Crippen molar-refractivity contribution >= 4 is 141 Å². The predicted molar refractivity (Wildman–Crippen MR) is 572 cm³/mol. The molecule has 640 valence electrons. The minimum atomic E-state index is 0.558. The zero-order valence-corrected chi connectivity index (χ0v) is 74.5. The third-order valence-corrected chi connectivity index (χ3v) is 28.1. The SMILES string of the molecule is c1ccc(-c2ccc(-c3cc(-c4nc(-c5ccccc5)nc(-c5ccc6c(c5)c5ccc(-c7ccc8ccc(-c9cc(-c%10nc(-c%11ccccc%11)nc(-c%11cccc%12c%11c%11ccccc%11n%12-c%11ccccc%11)n%10)ccc9-n9c%10cc%11ccccc%11cc%10c%10ccc%11ccccc%11c%109)cc8c7)cc5n6-c5ccccc5)n4)ccc3-n3c4cc5ccccc5cc4c4ccc5ccccc5c43)cc2)cc1. The number of benzene rings is 22. The molecular formula is C128H78N10. The Kier molecular flexibility index (Phi) is 17.8. The summed E-state index contributed by atoms with van der Waals surface area (Å²) in [5.74, 6) is 3.42. The zero-order chi connectivity index (χ0) is 90.6. The fourth-order valence-electron chi connectivity index (χ4n) is 21.6. The van der Waals surface area contributed by atoms with Gasteiger partial charge >= 0.3 is 0 Å². The second-order valence-electron chi connectivity index (χ2n) is 36.0. The Morgan fingerprint density at radius 1 is 0.138 bits per heavy atom. The van der Waals surface area contributed by atoms with Crippen LogP contribution in [0.5, 0.6) is 0 Å². The van der Waals surface area contributed by atoms with Crippen molar-refractivity contribution in [3.63, 3.8) is 0 Å². The number of hydrogen-bond donors (Lipinski definition) is 0. The van der Waals surface area contributed by atoms with Gasteiger partial charge in [0.1, 0.15) is 0 Å². The molecule has 28 aromatic rings. The van der Waals surface area contributed by atoms with Gasteiger partial charge in [-0.25, -0.2) is 29.9 Å². The third-order valence-electron chi connectivity index (χ3n) is 28.1. The van der Waals surface area contributed by atoms with Crippen LogP contribution in [0.15, 0.2) is 473 Å². The molecule has 0 aliphatic heterocycles. The Labute approximate surface area is 792 Å². The van der Waals surface area contributed by atoms with Crippen LogP contribution in [-0.4, -0.2) is 48.2 Å². The molecule has 0 radical (unpaired) electrons. The standard InChI is InChI=1S/C128H78N10/c1-6-27-79(28-7-1)80-49-53-84(54-50-80)107-73-94(60-66-113(107)137-118-76-89-37-18-16-35-87(89)71-110(118)103-64-57-82-29-20-22-43-100(82)121(103)137)125-129-123(85-31-8-2-9-32-85)130-126(132-125)96-62-68-115-109(75-96)102-63-59-92(78-117(102)136(115)99-41-14-5-15-42-99)91-55-51-81-52-56-93(70-97(81)69-91)108-74-95(61-67-114(108)138-119-77-90-38-19-17-36-88(90)72-111(119)104-65-58-83-30-21-23-44-101(83)122(104)138)127-131-124(86-33-10-3-11-34-86)133-128(134-127)106-46-26-48-116-120(106)105-45-24-25-47-112(105)135(116)98-39-12-4-13-40-98/h1-78H. The first-order valence-corrected chi connectivity index (χ1v) is 46.9. The Morgan fingerprint density at radius 2 is 0.493 bits per heavy atom. The highest BCUT2D eigenvalue weighted by atomic mass is 15.1. The topological polar surface area (TPSA) is 97.1 Å². The summed E-state index contributed by atoms with van der Waals surface area (Å²) in [6, 6.07) is 171. The molecule has 0 N–H and O–H groups in total. The summed E-state index contributed by atoms with van der Waals surface area (Å²) >= 11 is 0. The van der Waals surface area contributed by atoms with E-state index in [0.717, 1.165) is 188 Å². The molecule has 6 aromatic heterocycles. The maximum atomic E-state index is 5.64. The largest absolute Gasteiger partial charge is 0.309 e. The summed E-state index contributed by atoms with van der Waals surface area (Å²) in [6.07, 6.45) is 0. The van der Waals surface area contributed by atoms with Gasteiger partial charge in [0.25, 0.3) is 0 Å². The molecule has 0 aliphatic rings. The lowest BCUT2D eigenvalue weighted by Crippen LogP contribution is -2.02. The maximum absolute atomic E-state index is 5.64. The predicted octanol–water partition coefficient (Wildman–Crippen LogP) is 32.9. The van der Waals surface area contributed by atoms with Crippen LogP contribution in [0.25, 0.3) is 277 Å². The Morgan fingerprint density at radius 3 is 1.05 bits per heavy atom. The smallest absolute Gasteiger partial charge is 0.164 e. The number of rotatable bonds is 14. The maximum Gasteiger partial charge on any atom is 0.164 e. The van der Waals surface area contributed by atoms with E-state index in [4.69, 9.17) is 29.9 Å². The quantitative estimate of drug-likeness (QED) is 0.108. The van der Waals surface area contributed by atoms with Crippen LogP contribution >= 0.6 is 0 Å². The molecule has 0 fully saturated rings. The van der Waals surface area contributed by atoms with Crippen LogP contribution in [-0.2, 0) is 0 Å². The van der Waals surface area contributed by atoms with E-state index in [2.05, 4.69) is 467 Å². The van der Waals surface area contributed by atoms with Gasteiger partial charge in [0.15, 0.2) is 34.9 Å². The van der Waals surface area contributed by atoms with Crippen LogP contribution in [0.4, 0.5) is 0 Å². The Balaban J connectivity index is 0.603. The van der Waals surface area contributed by atoms with Crippen molar-refractivity contribution in [2.24, 2.45) is 0 Å². The number of nitrogens with zero attached hydrogens (tertiary/aromatic N) is 10. The molecule has 28 rings (SSSR count).